The Hall–Kier alpha value is -12.3. The third kappa shape index (κ3) is 7.98. The molecule has 0 bridgehead atoms. The zero-order valence-corrected chi connectivity index (χ0v) is 51.3. The minimum Gasteiger partial charge on any atom is -0.309 e. The zero-order valence-electron chi connectivity index (χ0n) is 51.3. The second-order valence-electron chi connectivity index (χ2n) is 25.5. The lowest BCUT2D eigenvalue weighted by Gasteiger charge is -2.15. The summed E-state index contributed by atoms with van der Waals surface area (Å²) in [5.74, 6) is 0.224. The van der Waals surface area contributed by atoms with Gasteiger partial charge >= 0.3 is 0 Å². The van der Waals surface area contributed by atoms with Crippen LogP contribution in [0, 0.1) is 0 Å². The van der Waals surface area contributed by atoms with Gasteiger partial charge in [-0.2, -0.15) is 0 Å². The van der Waals surface area contributed by atoms with Gasteiger partial charge in [0.15, 0.2) is 0 Å². The summed E-state index contributed by atoms with van der Waals surface area (Å²) in [5.41, 5.74) is 31.8. The van der Waals surface area contributed by atoms with Crippen molar-refractivity contribution in [3.8, 4) is 89.3 Å². The number of fused-ring (bicyclic) bond motifs is 15. The minimum atomic E-state index is 0.224. The van der Waals surface area contributed by atoms with Crippen molar-refractivity contribution in [2.75, 3.05) is 0 Å². The second-order valence-corrected chi connectivity index (χ2v) is 25.5. The highest BCUT2D eigenvalue weighted by atomic mass is 15.0. The molecule has 0 radical (unpaired) electrons. The van der Waals surface area contributed by atoms with Crippen LogP contribution in [0.5, 0.6) is 0 Å². The first kappa shape index (κ1) is 52.5. The summed E-state index contributed by atoms with van der Waals surface area (Å²) >= 11 is 0. The van der Waals surface area contributed by atoms with Crippen molar-refractivity contribution in [3.63, 3.8) is 0 Å². The number of benzene rings is 15. The average Bonchev–Trinajstić information content (AvgIpc) is 1.55. The van der Waals surface area contributed by atoms with Crippen molar-refractivity contribution in [2.24, 2.45) is 0 Å². The van der Waals surface area contributed by atoms with E-state index < -0.39 is 0 Å². The van der Waals surface area contributed by atoms with E-state index in [1.165, 1.54) is 171 Å². The fraction of sp³-hybridized carbons (Fsp3) is 0.0110. The van der Waals surface area contributed by atoms with Crippen molar-refractivity contribution >= 4 is 81.7 Å². The maximum absolute atomic E-state index is 2.46. The van der Waals surface area contributed by atoms with Crippen LogP contribution in [0.15, 0.2) is 340 Å². The van der Waals surface area contributed by atoms with Gasteiger partial charge in [-0.15, -0.1) is 0 Å². The van der Waals surface area contributed by atoms with Crippen LogP contribution in [0.4, 0.5) is 0 Å². The summed E-state index contributed by atoms with van der Waals surface area (Å²) < 4.78 is 7.35. The van der Waals surface area contributed by atoms with E-state index in [4.69, 9.17) is 0 Å². The molecule has 94 heavy (non-hydrogen) atoms. The van der Waals surface area contributed by atoms with Crippen LogP contribution < -0.4 is 0 Å². The highest BCUT2D eigenvalue weighted by Crippen LogP contribution is 2.50. The number of aromatic nitrogens is 3. The summed E-state index contributed by atoms with van der Waals surface area (Å²) in [4.78, 5) is 0. The van der Waals surface area contributed by atoms with Gasteiger partial charge in [0.05, 0.1) is 38.6 Å². The summed E-state index contributed by atoms with van der Waals surface area (Å²) in [7, 11) is 0. The molecule has 0 spiro atoms. The Labute approximate surface area is 543 Å². The summed E-state index contributed by atoms with van der Waals surface area (Å²) in [5, 5.41) is 10.1. The quantitative estimate of drug-likeness (QED) is 0.137. The number of para-hydroxylation sites is 4. The largest absolute Gasteiger partial charge is 0.309 e. The molecule has 1 atom stereocenters. The first-order chi connectivity index (χ1) is 46.6. The van der Waals surface area contributed by atoms with E-state index in [0.29, 0.717) is 0 Å². The fourth-order valence-corrected chi connectivity index (χ4v) is 16.2. The molecule has 0 aliphatic heterocycles. The molecule has 1 unspecified atom stereocenters. The third-order valence-electron chi connectivity index (χ3n) is 20.5. The predicted octanol–water partition coefficient (Wildman–Crippen LogP) is 24.2. The molecule has 0 N–H and O–H groups in total. The van der Waals surface area contributed by atoms with Gasteiger partial charge in [0, 0.05) is 60.4 Å². The molecule has 3 nitrogen and oxygen atoms in total. The third-order valence-corrected chi connectivity index (χ3v) is 20.5. The molecular weight excluding hydrogens is 1140 g/mol. The Morgan fingerprint density at radius 3 is 1.27 bits per heavy atom. The number of hydrogen-bond acceptors (Lipinski definition) is 0. The summed E-state index contributed by atoms with van der Waals surface area (Å²) in [6.07, 6.45) is 0. The fourth-order valence-electron chi connectivity index (χ4n) is 16.2. The van der Waals surface area contributed by atoms with Crippen LogP contribution in [0.3, 0.4) is 0 Å². The molecule has 0 saturated heterocycles. The maximum Gasteiger partial charge on any atom is 0.0620 e. The number of nitrogens with zero attached hydrogens (tertiary/aromatic N) is 3. The van der Waals surface area contributed by atoms with Gasteiger partial charge in [-0.05, 0) is 192 Å². The molecule has 19 aromatic rings. The van der Waals surface area contributed by atoms with Crippen LogP contribution in [0.2, 0.25) is 0 Å². The van der Waals surface area contributed by atoms with Gasteiger partial charge in [0.1, 0.15) is 0 Å². The van der Waals surface area contributed by atoms with Crippen LogP contribution in [-0.4, -0.2) is 13.5 Å². The van der Waals surface area contributed by atoms with Gasteiger partial charge < -0.3 is 13.5 Å². The lowest BCUT2D eigenvalue weighted by molar-refractivity contribution is 1.02. The average molecular weight is 1190 g/mol. The highest BCUT2D eigenvalue weighted by molar-refractivity contribution is 6.24. The molecule has 15 aromatic carbocycles. The lowest BCUT2D eigenvalue weighted by Crippen LogP contribution is -1.98. The molecule has 20 rings (SSSR count). The topological polar surface area (TPSA) is 14.3 Å². The molecule has 0 saturated carbocycles. The van der Waals surface area contributed by atoms with Crippen molar-refractivity contribution in [1.29, 1.82) is 0 Å². The Morgan fingerprint density at radius 1 is 0.191 bits per heavy atom. The van der Waals surface area contributed by atoms with Crippen molar-refractivity contribution in [2.45, 2.75) is 5.92 Å². The smallest absolute Gasteiger partial charge is 0.0620 e. The SMILES string of the molecule is c1ccc(-c2ccc(-c3cccc(-c4cccc(-c5ccc6c(c5)c5cccc7c8ccccc8n6c75)c4)c3)cc2-c2ccc(-n3c4ccccc4c4cc(-n5c6ccccc6c6cc(-c7ccc8c(c7)-c7ccccc7C8c7ccccc7)ccc65)ccc43)cc2)cc1. The van der Waals surface area contributed by atoms with Crippen LogP contribution >= 0.6 is 0 Å². The monoisotopic (exact) mass is 1190 g/mol. The Balaban J connectivity index is 0.637. The zero-order chi connectivity index (χ0) is 61.5. The number of rotatable bonds is 9. The van der Waals surface area contributed by atoms with Gasteiger partial charge in [-0.3, -0.25) is 0 Å². The van der Waals surface area contributed by atoms with Crippen molar-refractivity contribution in [3.05, 3.63) is 356 Å². The first-order valence-electron chi connectivity index (χ1n) is 32.7. The normalized spacial score (nSPS) is 13.0. The van der Waals surface area contributed by atoms with Crippen LogP contribution in [0.1, 0.15) is 22.6 Å². The van der Waals surface area contributed by atoms with E-state index in [0.717, 1.165) is 16.9 Å². The van der Waals surface area contributed by atoms with E-state index in [1.54, 1.807) is 0 Å². The number of hydrogen-bond donors (Lipinski definition) is 0. The Bertz CT molecular complexity index is 6280. The second kappa shape index (κ2) is 20.6. The molecule has 0 fully saturated rings. The van der Waals surface area contributed by atoms with Crippen LogP contribution in [-0.2, 0) is 0 Å². The van der Waals surface area contributed by atoms with E-state index in [9.17, 15) is 0 Å². The van der Waals surface area contributed by atoms with E-state index in [-0.39, 0.29) is 5.92 Å². The van der Waals surface area contributed by atoms with Crippen LogP contribution in [0.25, 0.3) is 171 Å². The maximum atomic E-state index is 2.46. The van der Waals surface area contributed by atoms with E-state index >= 15 is 0 Å². The van der Waals surface area contributed by atoms with Gasteiger partial charge in [-0.25, -0.2) is 0 Å². The van der Waals surface area contributed by atoms with Crippen molar-refractivity contribution < 1.29 is 0 Å². The van der Waals surface area contributed by atoms with E-state index in [2.05, 4.69) is 353 Å². The molecule has 436 valence electrons. The standard InChI is InChI=1S/C91H57N3/c1-3-18-57(19-4-1)70-45-38-64(62-24-15-22-60(50-62)61-23-16-25-63(51-61)66-41-48-89-82(55-66)78-32-17-31-77-72-27-9-14-35-86(72)94(89)91(77)78)52-79(70)58-36-42-68(43-37-58)92-84-33-12-11-29-74(84)83-56-69(44-49-88(83)92)93-85-34-13-10-28-73(85)81-54-67(40-47-87(81)93)65-39-46-76-80(53-65)71-26-7-8-30-75(71)90(76)59-20-5-2-6-21-59/h1-56,90H. The molecule has 3 heteroatoms. The minimum absolute atomic E-state index is 0.224. The Morgan fingerprint density at radius 2 is 0.585 bits per heavy atom. The summed E-state index contributed by atoms with van der Waals surface area (Å²) in [6, 6.07) is 127. The summed E-state index contributed by atoms with van der Waals surface area (Å²) in [6.45, 7) is 0. The van der Waals surface area contributed by atoms with Crippen molar-refractivity contribution in [1.82, 2.24) is 13.5 Å². The van der Waals surface area contributed by atoms with Gasteiger partial charge in [0.25, 0.3) is 0 Å². The molecule has 4 aromatic heterocycles. The predicted molar refractivity (Wildman–Crippen MR) is 395 cm³/mol. The van der Waals surface area contributed by atoms with Gasteiger partial charge in [-0.1, -0.05) is 243 Å². The van der Waals surface area contributed by atoms with E-state index in [1.807, 2.05) is 0 Å². The highest BCUT2D eigenvalue weighted by Gasteiger charge is 2.30. The molecule has 0 amide bonds. The molecule has 1 aliphatic carbocycles. The van der Waals surface area contributed by atoms with Gasteiger partial charge in [0.2, 0.25) is 0 Å². The molecule has 1 aliphatic rings. The molecule has 4 heterocycles. The molecular formula is C91H57N3. The first-order valence-corrected chi connectivity index (χ1v) is 32.7. The lowest BCUT2D eigenvalue weighted by atomic mass is 9.89. The Kier molecular flexibility index (Phi) is 11.5.